The molecule has 1 heteroatoms. The number of rotatable bonds is 0. The molecule has 0 N–H and O–H groups in total. The van der Waals surface area contributed by atoms with Gasteiger partial charge in [0.25, 0.3) is 0 Å². The number of fused-ring (bicyclic) bond motifs is 1. The van der Waals surface area contributed by atoms with Crippen LogP contribution in [-0.2, 0) is 4.74 Å². The molecule has 1 aliphatic carbocycles. The van der Waals surface area contributed by atoms with Crippen molar-refractivity contribution in [2.24, 2.45) is 5.41 Å². The third-order valence-electron chi connectivity index (χ3n) is 2.98. The molecule has 0 spiro atoms. The van der Waals surface area contributed by atoms with Crippen LogP contribution in [0.1, 0.15) is 32.6 Å². The van der Waals surface area contributed by atoms with Gasteiger partial charge in [-0.25, -0.2) is 0 Å². The zero-order chi connectivity index (χ0) is 6.32. The van der Waals surface area contributed by atoms with Crippen LogP contribution in [0.15, 0.2) is 0 Å². The van der Waals surface area contributed by atoms with Crippen LogP contribution in [0.2, 0.25) is 0 Å². The highest BCUT2D eigenvalue weighted by Gasteiger charge is 2.43. The maximum atomic E-state index is 5.58. The zero-order valence-corrected chi connectivity index (χ0v) is 6.02. The molecule has 1 aliphatic heterocycles. The summed E-state index contributed by atoms with van der Waals surface area (Å²) in [6, 6.07) is 0. The predicted molar refractivity (Wildman–Crippen MR) is 36.3 cm³/mol. The van der Waals surface area contributed by atoms with Gasteiger partial charge in [-0.2, -0.15) is 0 Å². The van der Waals surface area contributed by atoms with E-state index in [9.17, 15) is 0 Å². The summed E-state index contributed by atoms with van der Waals surface area (Å²) in [7, 11) is 0. The molecule has 2 fully saturated rings. The standard InChI is InChI=1S/C8H14O/c1-8-4-2-3-7(8)9-6-5-8/h7H,2-6H2,1H3/t7?,8-/m0/s1. The van der Waals surface area contributed by atoms with Crippen LogP contribution in [0.3, 0.4) is 0 Å². The molecule has 1 heterocycles. The van der Waals surface area contributed by atoms with Crippen LogP contribution in [0.4, 0.5) is 0 Å². The Balaban J connectivity index is 2.17. The summed E-state index contributed by atoms with van der Waals surface area (Å²) in [4.78, 5) is 0. The number of hydrogen-bond donors (Lipinski definition) is 0. The second-order valence-electron chi connectivity index (χ2n) is 3.66. The van der Waals surface area contributed by atoms with E-state index in [1.165, 1.54) is 25.7 Å². The fraction of sp³-hybridized carbons (Fsp3) is 1.00. The van der Waals surface area contributed by atoms with Crippen molar-refractivity contribution in [2.45, 2.75) is 38.7 Å². The van der Waals surface area contributed by atoms with Crippen molar-refractivity contribution >= 4 is 0 Å². The number of hydrogen-bond acceptors (Lipinski definition) is 1. The Morgan fingerprint density at radius 1 is 1.44 bits per heavy atom. The molecule has 2 rings (SSSR count). The zero-order valence-electron chi connectivity index (χ0n) is 6.02. The van der Waals surface area contributed by atoms with Gasteiger partial charge in [-0.15, -0.1) is 0 Å². The molecule has 2 aliphatic rings. The quantitative estimate of drug-likeness (QED) is 0.482. The van der Waals surface area contributed by atoms with E-state index >= 15 is 0 Å². The Kier molecular flexibility index (Phi) is 1.10. The van der Waals surface area contributed by atoms with Crippen molar-refractivity contribution in [1.82, 2.24) is 0 Å². The van der Waals surface area contributed by atoms with Gasteiger partial charge in [-0.05, 0) is 24.7 Å². The number of ether oxygens (including phenoxy) is 1. The van der Waals surface area contributed by atoms with E-state index in [1.807, 2.05) is 0 Å². The van der Waals surface area contributed by atoms with Crippen molar-refractivity contribution in [3.8, 4) is 0 Å². The van der Waals surface area contributed by atoms with E-state index in [2.05, 4.69) is 6.92 Å². The van der Waals surface area contributed by atoms with Crippen molar-refractivity contribution < 1.29 is 4.74 Å². The van der Waals surface area contributed by atoms with Gasteiger partial charge in [-0.3, -0.25) is 0 Å². The minimum absolute atomic E-state index is 0.583. The smallest absolute Gasteiger partial charge is 0.0629 e. The van der Waals surface area contributed by atoms with Crippen LogP contribution in [0, 0.1) is 5.41 Å². The maximum absolute atomic E-state index is 5.58. The van der Waals surface area contributed by atoms with Gasteiger partial charge < -0.3 is 4.74 Å². The van der Waals surface area contributed by atoms with E-state index in [0.717, 1.165) is 6.61 Å². The fourth-order valence-corrected chi connectivity index (χ4v) is 2.21. The second kappa shape index (κ2) is 1.72. The average Bonchev–Trinajstić information content (AvgIpc) is 2.22. The first-order chi connectivity index (χ1) is 4.31. The first-order valence-electron chi connectivity index (χ1n) is 3.93. The van der Waals surface area contributed by atoms with Gasteiger partial charge in [0.2, 0.25) is 0 Å². The predicted octanol–water partition coefficient (Wildman–Crippen LogP) is 1.97. The van der Waals surface area contributed by atoms with Crippen LogP contribution in [-0.4, -0.2) is 12.7 Å². The van der Waals surface area contributed by atoms with E-state index in [-0.39, 0.29) is 0 Å². The Morgan fingerprint density at radius 3 is 3.11 bits per heavy atom. The lowest BCUT2D eigenvalue weighted by Crippen LogP contribution is -2.20. The van der Waals surface area contributed by atoms with E-state index < -0.39 is 0 Å². The summed E-state index contributed by atoms with van der Waals surface area (Å²) < 4.78 is 5.58. The molecular formula is C8H14O. The van der Waals surface area contributed by atoms with Gasteiger partial charge in [0, 0.05) is 6.61 Å². The van der Waals surface area contributed by atoms with Crippen LogP contribution in [0.25, 0.3) is 0 Å². The summed E-state index contributed by atoms with van der Waals surface area (Å²) in [5.41, 5.74) is 0.583. The van der Waals surface area contributed by atoms with Crippen LogP contribution < -0.4 is 0 Å². The maximum Gasteiger partial charge on any atom is 0.0629 e. The Labute approximate surface area is 56.4 Å². The van der Waals surface area contributed by atoms with Gasteiger partial charge in [0.15, 0.2) is 0 Å². The first-order valence-corrected chi connectivity index (χ1v) is 3.93. The highest BCUT2D eigenvalue weighted by molar-refractivity contribution is 4.92. The summed E-state index contributed by atoms with van der Waals surface area (Å²) in [5.74, 6) is 0. The molecule has 0 amide bonds. The Morgan fingerprint density at radius 2 is 2.33 bits per heavy atom. The molecular weight excluding hydrogens is 112 g/mol. The summed E-state index contributed by atoms with van der Waals surface area (Å²) in [5, 5.41) is 0. The molecule has 52 valence electrons. The van der Waals surface area contributed by atoms with E-state index in [1.54, 1.807) is 0 Å². The van der Waals surface area contributed by atoms with Gasteiger partial charge in [0.1, 0.15) is 0 Å². The molecule has 1 saturated heterocycles. The Hall–Kier alpha value is -0.0400. The lowest BCUT2D eigenvalue weighted by Gasteiger charge is -2.20. The minimum Gasteiger partial charge on any atom is -0.378 e. The third kappa shape index (κ3) is 0.710. The Bertz CT molecular complexity index is 110. The van der Waals surface area contributed by atoms with E-state index in [4.69, 9.17) is 4.74 Å². The molecule has 2 atom stereocenters. The molecule has 1 nitrogen and oxygen atoms in total. The van der Waals surface area contributed by atoms with Gasteiger partial charge >= 0.3 is 0 Å². The molecule has 0 aromatic rings. The summed E-state index contributed by atoms with van der Waals surface area (Å²) in [6.07, 6.45) is 6.03. The lowest BCUT2D eigenvalue weighted by atomic mass is 9.86. The molecule has 9 heavy (non-hydrogen) atoms. The molecule has 0 bridgehead atoms. The van der Waals surface area contributed by atoms with Gasteiger partial charge in [0.05, 0.1) is 6.10 Å². The van der Waals surface area contributed by atoms with Crippen molar-refractivity contribution in [3.05, 3.63) is 0 Å². The highest BCUT2D eigenvalue weighted by Crippen LogP contribution is 2.46. The van der Waals surface area contributed by atoms with Crippen molar-refractivity contribution in [1.29, 1.82) is 0 Å². The van der Waals surface area contributed by atoms with Gasteiger partial charge in [-0.1, -0.05) is 13.3 Å². The third-order valence-corrected chi connectivity index (χ3v) is 2.98. The van der Waals surface area contributed by atoms with Crippen molar-refractivity contribution in [2.75, 3.05) is 6.61 Å². The summed E-state index contributed by atoms with van der Waals surface area (Å²) in [6.45, 7) is 3.39. The SMILES string of the molecule is C[C@@]12CCCC1OCC2. The fourth-order valence-electron chi connectivity index (χ4n) is 2.21. The first kappa shape index (κ1) is 5.72. The molecule has 1 saturated carbocycles. The lowest BCUT2D eigenvalue weighted by molar-refractivity contribution is 0.0772. The molecule has 0 aromatic carbocycles. The second-order valence-corrected chi connectivity index (χ2v) is 3.66. The largest absolute Gasteiger partial charge is 0.378 e. The van der Waals surface area contributed by atoms with Crippen LogP contribution in [0.5, 0.6) is 0 Å². The van der Waals surface area contributed by atoms with Crippen LogP contribution >= 0.6 is 0 Å². The summed E-state index contributed by atoms with van der Waals surface area (Å²) >= 11 is 0. The topological polar surface area (TPSA) is 9.23 Å². The minimum atomic E-state index is 0.583. The molecule has 1 unspecified atom stereocenters. The monoisotopic (exact) mass is 126 g/mol. The normalized spacial score (nSPS) is 49.7. The van der Waals surface area contributed by atoms with Crippen molar-refractivity contribution in [3.63, 3.8) is 0 Å². The average molecular weight is 126 g/mol. The molecule has 0 radical (unpaired) electrons. The molecule has 0 aromatic heterocycles. The van der Waals surface area contributed by atoms with E-state index in [0.29, 0.717) is 11.5 Å². The highest BCUT2D eigenvalue weighted by atomic mass is 16.5.